The molecular formula is C11H12ClN3. The molecule has 0 aliphatic heterocycles. The lowest BCUT2D eigenvalue weighted by Gasteiger charge is -2.03. The number of aryl methyl sites for hydroxylation is 3. The van der Waals surface area contributed by atoms with Crippen LogP contribution in [0.5, 0.6) is 0 Å². The Kier molecular flexibility index (Phi) is 2.49. The summed E-state index contributed by atoms with van der Waals surface area (Å²) >= 11 is 6.20. The highest BCUT2D eigenvalue weighted by Gasteiger charge is 2.12. The zero-order chi connectivity index (χ0) is 11.0. The lowest BCUT2D eigenvalue weighted by atomic mass is 10.1. The molecule has 0 spiro atoms. The molecule has 0 fully saturated rings. The van der Waals surface area contributed by atoms with Crippen molar-refractivity contribution in [2.45, 2.75) is 13.8 Å². The van der Waals surface area contributed by atoms with Gasteiger partial charge in [0.25, 0.3) is 0 Å². The van der Waals surface area contributed by atoms with Crippen molar-refractivity contribution < 1.29 is 0 Å². The Hall–Kier alpha value is -1.35. The van der Waals surface area contributed by atoms with Crippen molar-refractivity contribution in [3.05, 3.63) is 34.7 Å². The number of hydrogen-bond acceptors (Lipinski definition) is 2. The van der Waals surface area contributed by atoms with Gasteiger partial charge in [0.2, 0.25) is 0 Å². The van der Waals surface area contributed by atoms with Gasteiger partial charge in [-0.1, -0.05) is 11.6 Å². The lowest BCUT2D eigenvalue weighted by molar-refractivity contribution is 0.764. The Morgan fingerprint density at radius 1 is 1.33 bits per heavy atom. The van der Waals surface area contributed by atoms with Gasteiger partial charge in [0.05, 0.1) is 16.4 Å². The smallest absolute Gasteiger partial charge is 0.0894 e. The van der Waals surface area contributed by atoms with E-state index in [0.29, 0.717) is 5.02 Å². The molecule has 0 aromatic carbocycles. The predicted molar refractivity (Wildman–Crippen MR) is 60.9 cm³/mol. The molecule has 0 unspecified atom stereocenters. The van der Waals surface area contributed by atoms with E-state index in [1.165, 1.54) is 0 Å². The van der Waals surface area contributed by atoms with Crippen LogP contribution >= 0.6 is 11.6 Å². The summed E-state index contributed by atoms with van der Waals surface area (Å²) in [5.74, 6) is 0. The number of pyridine rings is 1. The van der Waals surface area contributed by atoms with E-state index >= 15 is 0 Å². The third-order valence-electron chi connectivity index (χ3n) is 2.32. The molecule has 4 heteroatoms. The Morgan fingerprint density at radius 2 is 2.07 bits per heavy atom. The first-order valence-corrected chi connectivity index (χ1v) is 5.09. The van der Waals surface area contributed by atoms with Gasteiger partial charge in [-0.25, -0.2) is 0 Å². The highest BCUT2D eigenvalue weighted by Crippen LogP contribution is 2.29. The van der Waals surface area contributed by atoms with Crippen LogP contribution in [0.2, 0.25) is 5.02 Å². The van der Waals surface area contributed by atoms with Gasteiger partial charge in [0.15, 0.2) is 0 Å². The van der Waals surface area contributed by atoms with Crippen LogP contribution in [0.1, 0.15) is 11.4 Å². The normalized spacial score (nSPS) is 10.7. The molecular weight excluding hydrogens is 210 g/mol. The second-order valence-corrected chi connectivity index (χ2v) is 3.94. The van der Waals surface area contributed by atoms with Crippen molar-refractivity contribution >= 4 is 11.6 Å². The first kappa shape index (κ1) is 10.2. The molecule has 0 amide bonds. The largest absolute Gasteiger partial charge is 0.266 e. The molecule has 0 radical (unpaired) electrons. The summed E-state index contributed by atoms with van der Waals surface area (Å²) in [6, 6.07) is 3.94. The van der Waals surface area contributed by atoms with Gasteiger partial charge in [-0.15, -0.1) is 0 Å². The fraction of sp³-hybridized carbons (Fsp3) is 0.273. The maximum atomic E-state index is 6.20. The minimum Gasteiger partial charge on any atom is -0.266 e. The summed E-state index contributed by atoms with van der Waals surface area (Å²) in [4.78, 5) is 4.16. The minimum atomic E-state index is 0.711. The highest BCUT2D eigenvalue weighted by atomic mass is 35.5. The van der Waals surface area contributed by atoms with Crippen molar-refractivity contribution in [3.63, 3.8) is 0 Å². The molecule has 0 saturated carbocycles. The van der Waals surface area contributed by atoms with Crippen LogP contribution in [-0.4, -0.2) is 14.8 Å². The van der Waals surface area contributed by atoms with E-state index in [1.807, 2.05) is 33.0 Å². The molecule has 2 aromatic heterocycles. The molecule has 78 valence electrons. The van der Waals surface area contributed by atoms with Crippen molar-refractivity contribution in [1.82, 2.24) is 14.8 Å². The molecule has 0 N–H and O–H groups in total. The van der Waals surface area contributed by atoms with Crippen LogP contribution in [0, 0.1) is 13.8 Å². The fourth-order valence-corrected chi connectivity index (χ4v) is 1.91. The van der Waals surface area contributed by atoms with E-state index in [4.69, 9.17) is 11.6 Å². The number of halogens is 1. The minimum absolute atomic E-state index is 0.711. The summed E-state index contributed by atoms with van der Waals surface area (Å²) in [5, 5.41) is 4.99. The Morgan fingerprint density at radius 3 is 2.60 bits per heavy atom. The van der Waals surface area contributed by atoms with E-state index in [9.17, 15) is 0 Å². The van der Waals surface area contributed by atoms with Crippen LogP contribution < -0.4 is 0 Å². The molecule has 0 saturated heterocycles. The Bertz CT molecular complexity index is 503. The van der Waals surface area contributed by atoms with Gasteiger partial charge < -0.3 is 0 Å². The lowest BCUT2D eigenvalue weighted by Crippen LogP contribution is -1.94. The number of nitrogens with zero attached hydrogens (tertiary/aromatic N) is 3. The average Bonchev–Trinajstić information content (AvgIpc) is 2.41. The summed E-state index contributed by atoms with van der Waals surface area (Å²) < 4.78 is 1.80. The van der Waals surface area contributed by atoms with Crippen LogP contribution in [0.25, 0.3) is 11.3 Å². The van der Waals surface area contributed by atoms with E-state index in [2.05, 4.69) is 10.1 Å². The monoisotopic (exact) mass is 221 g/mol. The van der Waals surface area contributed by atoms with Crippen molar-refractivity contribution in [1.29, 1.82) is 0 Å². The molecule has 2 rings (SSSR count). The molecule has 0 aliphatic carbocycles. The molecule has 2 aromatic rings. The quantitative estimate of drug-likeness (QED) is 0.742. The third-order valence-corrected chi connectivity index (χ3v) is 2.77. The van der Waals surface area contributed by atoms with Crippen LogP contribution in [0.15, 0.2) is 18.3 Å². The predicted octanol–water partition coefficient (Wildman–Crippen LogP) is 2.75. The molecule has 2 heterocycles. The first-order chi connectivity index (χ1) is 7.09. The van der Waals surface area contributed by atoms with Crippen molar-refractivity contribution in [2.24, 2.45) is 7.05 Å². The summed E-state index contributed by atoms with van der Waals surface area (Å²) in [5.41, 5.74) is 3.82. The fourth-order valence-electron chi connectivity index (χ4n) is 1.64. The summed E-state index contributed by atoms with van der Waals surface area (Å²) in [7, 11) is 1.89. The SMILES string of the molecule is Cc1cc(-c2c(Cl)c(C)nn2C)ccn1. The molecule has 0 aliphatic rings. The molecule has 15 heavy (non-hydrogen) atoms. The Balaban J connectivity index is 2.63. The number of hydrogen-bond donors (Lipinski definition) is 0. The van der Waals surface area contributed by atoms with Gasteiger partial charge in [-0.3, -0.25) is 9.67 Å². The topological polar surface area (TPSA) is 30.7 Å². The second kappa shape index (κ2) is 3.66. The van der Waals surface area contributed by atoms with E-state index in [-0.39, 0.29) is 0 Å². The average molecular weight is 222 g/mol. The number of aromatic nitrogens is 3. The molecule has 0 bridgehead atoms. The van der Waals surface area contributed by atoms with Crippen molar-refractivity contribution in [2.75, 3.05) is 0 Å². The maximum Gasteiger partial charge on any atom is 0.0894 e. The van der Waals surface area contributed by atoms with Crippen molar-refractivity contribution in [3.8, 4) is 11.3 Å². The van der Waals surface area contributed by atoms with Gasteiger partial charge in [0.1, 0.15) is 0 Å². The first-order valence-electron chi connectivity index (χ1n) is 4.71. The van der Waals surface area contributed by atoms with E-state index in [1.54, 1.807) is 10.9 Å². The van der Waals surface area contributed by atoms with Crippen LogP contribution in [0.3, 0.4) is 0 Å². The van der Waals surface area contributed by atoms with Crippen LogP contribution in [0.4, 0.5) is 0 Å². The van der Waals surface area contributed by atoms with E-state index < -0.39 is 0 Å². The van der Waals surface area contributed by atoms with Gasteiger partial charge in [0, 0.05) is 24.5 Å². The third kappa shape index (κ3) is 1.75. The summed E-state index contributed by atoms with van der Waals surface area (Å²) in [6.07, 6.45) is 1.78. The second-order valence-electron chi connectivity index (χ2n) is 3.56. The van der Waals surface area contributed by atoms with Crippen LogP contribution in [-0.2, 0) is 7.05 Å². The van der Waals surface area contributed by atoms with Gasteiger partial charge in [-0.05, 0) is 26.0 Å². The maximum absolute atomic E-state index is 6.20. The molecule has 0 atom stereocenters. The summed E-state index contributed by atoms with van der Waals surface area (Å²) in [6.45, 7) is 3.86. The van der Waals surface area contributed by atoms with E-state index in [0.717, 1.165) is 22.6 Å². The highest BCUT2D eigenvalue weighted by molar-refractivity contribution is 6.33. The zero-order valence-electron chi connectivity index (χ0n) is 8.95. The van der Waals surface area contributed by atoms with Gasteiger partial charge >= 0.3 is 0 Å². The standard InChI is InChI=1S/C11H12ClN3/c1-7-6-9(4-5-13-7)11-10(12)8(2)14-15(11)3/h4-6H,1-3H3. The number of rotatable bonds is 1. The molecule has 3 nitrogen and oxygen atoms in total. The zero-order valence-corrected chi connectivity index (χ0v) is 9.71. The van der Waals surface area contributed by atoms with Gasteiger partial charge in [-0.2, -0.15) is 5.10 Å². The Labute approximate surface area is 93.7 Å².